The summed E-state index contributed by atoms with van der Waals surface area (Å²) in [5.74, 6) is 0.620. The number of H-pyrrole nitrogens is 1. The van der Waals surface area contributed by atoms with Crippen molar-refractivity contribution >= 4 is 28.5 Å². The van der Waals surface area contributed by atoms with Crippen molar-refractivity contribution in [2.45, 2.75) is 6.92 Å². The van der Waals surface area contributed by atoms with Gasteiger partial charge in [0.2, 0.25) is 0 Å². The fraction of sp³-hybridized carbons (Fsp3) is 0.0952. The van der Waals surface area contributed by atoms with Crippen molar-refractivity contribution in [2.75, 3.05) is 12.4 Å². The number of hydrogen-bond donors (Lipinski definition) is 2. The highest BCUT2D eigenvalue weighted by Crippen LogP contribution is 2.33. The monoisotopic (exact) mass is 376 g/mol. The summed E-state index contributed by atoms with van der Waals surface area (Å²) in [7, 11) is 1.76. The smallest absolute Gasteiger partial charge is 0.193 e. The minimum Gasteiger partial charge on any atom is -0.375 e. The molecule has 4 rings (SSSR count). The minimum absolute atomic E-state index is 0.0988. The van der Waals surface area contributed by atoms with Crippen LogP contribution < -0.4 is 10.7 Å². The predicted octanol–water partition coefficient (Wildman–Crippen LogP) is 4.66. The predicted molar refractivity (Wildman–Crippen MR) is 110 cm³/mol. The van der Waals surface area contributed by atoms with Crippen LogP contribution in [-0.2, 0) is 0 Å². The standard InChI is InChI=1S/C21H17ClN4O/c1-12-8-14(9-18(22)24-12)15-10-16-17(27)11-19(23-2)25-21(16)26-20(15)13-6-4-3-5-7-13/h3-11H,1-2H3,(H2,23,25,26,27). The third kappa shape index (κ3) is 3.29. The van der Waals surface area contributed by atoms with Gasteiger partial charge in [-0.2, -0.15) is 0 Å². The summed E-state index contributed by atoms with van der Waals surface area (Å²) < 4.78 is 0. The molecule has 0 radical (unpaired) electrons. The van der Waals surface area contributed by atoms with Crippen molar-refractivity contribution in [1.29, 1.82) is 0 Å². The molecule has 0 bridgehead atoms. The summed E-state index contributed by atoms with van der Waals surface area (Å²) in [4.78, 5) is 24.8. The van der Waals surface area contributed by atoms with E-state index in [4.69, 9.17) is 16.6 Å². The van der Waals surface area contributed by atoms with Crippen LogP contribution >= 0.6 is 11.6 Å². The van der Waals surface area contributed by atoms with Gasteiger partial charge in [-0.3, -0.25) is 4.79 Å². The highest BCUT2D eigenvalue weighted by molar-refractivity contribution is 6.29. The lowest BCUT2D eigenvalue weighted by Crippen LogP contribution is -2.07. The number of nitrogens with one attached hydrogen (secondary N) is 2. The second kappa shape index (κ2) is 6.85. The van der Waals surface area contributed by atoms with E-state index in [1.54, 1.807) is 13.1 Å². The van der Waals surface area contributed by atoms with Crippen molar-refractivity contribution in [3.8, 4) is 22.4 Å². The zero-order valence-electron chi connectivity index (χ0n) is 14.9. The lowest BCUT2D eigenvalue weighted by Gasteiger charge is -2.13. The zero-order chi connectivity index (χ0) is 19.0. The molecule has 27 heavy (non-hydrogen) atoms. The van der Waals surface area contributed by atoms with E-state index in [1.807, 2.05) is 49.4 Å². The topological polar surface area (TPSA) is 70.7 Å². The third-order valence-corrected chi connectivity index (χ3v) is 4.56. The molecule has 3 aromatic heterocycles. The van der Waals surface area contributed by atoms with E-state index in [-0.39, 0.29) is 5.43 Å². The van der Waals surface area contributed by atoms with Crippen LogP contribution in [0.5, 0.6) is 0 Å². The summed E-state index contributed by atoms with van der Waals surface area (Å²) in [5, 5.41) is 3.89. The van der Waals surface area contributed by atoms with Crippen molar-refractivity contribution in [1.82, 2.24) is 15.0 Å². The van der Waals surface area contributed by atoms with Crippen molar-refractivity contribution in [3.05, 3.63) is 75.7 Å². The normalized spacial score (nSPS) is 10.9. The van der Waals surface area contributed by atoms with E-state index in [2.05, 4.69) is 15.3 Å². The van der Waals surface area contributed by atoms with Crippen LogP contribution in [0.25, 0.3) is 33.4 Å². The quantitative estimate of drug-likeness (QED) is 0.510. The molecule has 0 saturated heterocycles. The lowest BCUT2D eigenvalue weighted by atomic mass is 9.98. The Kier molecular flexibility index (Phi) is 4.38. The van der Waals surface area contributed by atoms with E-state index in [1.165, 1.54) is 6.07 Å². The van der Waals surface area contributed by atoms with Crippen molar-refractivity contribution in [2.24, 2.45) is 0 Å². The van der Waals surface area contributed by atoms with Gasteiger partial charge in [0.15, 0.2) is 5.43 Å². The molecule has 0 aliphatic heterocycles. The Morgan fingerprint density at radius 2 is 1.78 bits per heavy atom. The molecule has 5 nitrogen and oxygen atoms in total. The molecule has 0 aliphatic rings. The number of nitrogens with zero attached hydrogens (tertiary/aromatic N) is 2. The fourth-order valence-corrected chi connectivity index (χ4v) is 3.37. The Morgan fingerprint density at radius 3 is 2.48 bits per heavy atom. The second-order valence-electron chi connectivity index (χ2n) is 6.26. The summed E-state index contributed by atoms with van der Waals surface area (Å²) in [6, 6.07) is 17.0. The van der Waals surface area contributed by atoms with E-state index >= 15 is 0 Å². The molecular formula is C21H17ClN4O. The number of anilines is 1. The number of pyridine rings is 3. The maximum absolute atomic E-state index is 12.6. The molecule has 134 valence electrons. The number of aryl methyl sites for hydroxylation is 1. The van der Waals surface area contributed by atoms with Crippen LogP contribution in [0.3, 0.4) is 0 Å². The maximum atomic E-state index is 12.6. The molecule has 0 saturated carbocycles. The number of hydrogen-bond acceptors (Lipinski definition) is 4. The first-order valence-electron chi connectivity index (χ1n) is 8.51. The first kappa shape index (κ1) is 17.2. The molecule has 0 spiro atoms. The molecule has 4 aromatic rings. The number of fused-ring (bicyclic) bond motifs is 1. The fourth-order valence-electron chi connectivity index (χ4n) is 3.12. The summed E-state index contributed by atoms with van der Waals surface area (Å²) in [6.07, 6.45) is 0. The number of benzene rings is 1. The Hall–Kier alpha value is -3.18. The highest BCUT2D eigenvalue weighted by atomic mass is 35.5. The third-order valence-electron chi connectivity index (χ3n) is 4.37. The van der Waals surface area contributed by atoms with Gasteiger partial charge in [0, 0.05) is 29.9 Å². The number of halogens is 1. The molecule has 6 heteroatoms. The molecule has 2 N–H and O–H groups in total. The SMILES string of the molecule is CNc1cc(=O)c2cc(-c3cc(C)nc(Cl)c3)c(-c3ccccc3)nc2[nH]1. The largest absolute Gasteiger partial charge is 0.375 e. The van der Waals surface area contributed by atoms with Gasteiger partial charge in [-0.1, -0.05) is 41.9 Å². The van der Waals surface area contributed by atoms with Gasteiger partial charge >= 0.3 is 0 Å². The minimum atomic E-state index is -0.0988. The Morgan fingerprint density at radius 1 is 1.00 bits per heavy atom. The van der Waals surface area contributed by atoms with Crippen LogP contribution in [0.2, 0.25) is 5.15 Å². The van der Waals surface area contributed by atoms with E-state index in [9.17, 15) is 4.79 Å². The molecule has 0 aliphatic carbocycles. The molecule has 3 heterocycles. The molecule has 0 fully saturated rings. The number of aromatic nitrogens is 3. The number of rotatable bonds is 3. The molecule has 1 aromatic carbocycles. The molecule has 0 amide bonds. The van der Waals surface area contributed by atoms with Crippen LogP contribution in [0, 0.1) is 6.92 Å². The highest BCUT2D eigenvalue weighted by Gasteiger charge is 2.15. The first-order valence-corrected chi connectivity index (χ1v) is 8.89. The van der Waals surface area contributed by atoms with Crippen LogP contribution in [-0.4, -0.2) is 22.0 Å². The van der Waals surface area contributed by atoms with Crippen LogP contribution in [0.15, 0.2) is 59.4 Å². The van der Waals surface area contributed by atoms with Gasteiger partial charge in [0.1, 0.15) is 16.6 Å². The summed E-state index contributed by atoms with van der Waals surface area (Å²) in [6.45, 7) is 1.89. The van der Waals surface area contributed by atoms with E-state index < -0.39 is 0 Å². The van der Waals surface area contributed by atoms with Gasteiger partial charge in [-0.25, -0.2) is 9.97 Å². The first-order chi connectivity index (χ1) is 13.0. The van der Waals surface area contributed by atoms with E-state index in [0.29, 0.717) is 22.0 Å². The Balaban J connectivity index is 2.09. The van der Waals surface area contributed by atoms with Gasteiger partial charge in [-0.05, 0) is 30.7 Å². The average molecular weight is 377 g/mol. The second-order valence-corrected chi connectivity index (χ2v) is 6.65. The average Bonchev–Trinajstić information content (AvgIpc) is 2.67. The van der Waals surface area contributed by atoms with Gasteiger partial charge in [-0.15, -0.1) is 0 Å². The zero-order valence-corrected chi connectivity index (χ0v) is 15.6. The molecule has 0 atom stereocenters. The lowest BCUT2D eigenvalue weighted by molar-refractivity contribution is 1.20. The van der Waals surface area contributed by atoms with Crippen molar-refractivity contribution < 1.29 is 0 Å². The van der Waals surface area contributed by atoms with E-state index in [0.717, 1.165) is 28.1 Å². The summed E-state index contributed by atoms with van der Waals surface area (Å²) in [5.41, 5.74) is 4.67. The van der Waals surface area contributed by atoms with Crippen LogP contribution in [0.4, 0.5) is 5.82 Å². The van der Waals surface area contributed by atoms with Gasteiger partial charge < -0.3 is 10.3 Å². The Bertz CT molecular complexity index is 1180. The van der Waals surface area contributed by atoms with Crippen molar-refractivity contribution in [3.63, 3.8) is 0 Å². The maximum Gasteiger partial charge on any atom is 0.193 e. The van der Waals surface area contributed by atoms with Gasteiger partial charge in [0.05, 0.1) is 11.1 Å². The Labute approximate surface area is 161 Å². The van der Waals surface area contributed by atoms with Crippen LogP contribution in [0.1, 0.15) is 5.69 Å². The molecule has 0 unspecified atom stereocenters. The van der Waals surface area contributed by atoms with Gasteiger partial charge in [0.25, 0.3) is 0 Å². The number of aromatic amines is 1. The summed E-state index contributed by atoms with van der Waals surface area (Å²) >= 11 is 6.18. The molecular weight excluding hydrogens is 360 g/mol.